The van der Waals surface area contributed by atoms with Gasteiger partial charge in [0, 0.05) is 6.54 Å². The summed E-state index contributed by atoms with van der Waals surface area (Å²) in [5.74, 6) is 0.954. The van der Waals surface area contributed by atoms with E-state index in [2.05, 4.69) is 5.32 Å². The third-order valence-corrected chi connectivity index (χ3v) is 4.19. The first-order valence-corrected chi connectivity index (χ1v) is 8.68. The van der Waals surface area contributed by atoms with Crippen LogP contribution in [0.15, 0.2) is 30.3 Å². The Morgan fingerprint density at radius 1 is 0.966 bits per heavy atom. The quantitative estimate of drug-likeness (QED) is 0.667. The fourth-order valence-electron chi connectivity index (χ4n) is 2.77. The van der Waals surface area contributed by atoms with E-state index >= 15 is 0 Å². The average molecular weight is 403 g/mol. The Bertz CT molecular complexity index is 912. The van der Waals surface area contributed by atoms with Gasteiger partial charge in [-0.1, -0.05) is 6.07 Å². The molecule has 1 aliphatic heterocycles. The van der Waals surface area contributed by atoms with E-state index in [-0.39, 0.29) is 30.4 Å². The summed E-state index contributed by atoms with van der Waals surface area (Å²) < 4.78 is 31.3. The summed E-state index contributed by atoms with van der Waals surface area (Å²) in [5.41, 5.74) is 0.948. The van der Waals surface area contributed by atoms with E-state index in [1.165, 1.54) is 27.4 Å². The van der Waals surface area contributed by atoms with Gasteiger partial charge in [0.1, 0.15) is 5.56 Å². The van der Waals surface area contributed by atoms with Crippen LogP contribution < -0.4 is 29.0 Å². The predicted molar refractivity (Wildman–Crippen MR) is 101 cm³/mol. The lowest BCUT2D eigenvalue weighted by molar-refractivity contribution is -0.124. The van der Waals surface area contributed by atoms with Crippen molar-refractivity contribution in [3.63, 3.8) is 0 Å². The molecule has 0 radical (unpaired) electrons. The molecule has 2 aromatic carbocycles. The molecule has 0 saturated carbocycles. The molecule has 0 fully saturated rings. The van der Waals surface area contributed by atoms with Gasteiger partial charge in [0.2, 0.25) is 12.5 Å². The van der Waals surface area contributed by atoms with Gasteiger partial charge in [-0.25, -0.2) is 4.79 Å². The Kier molecular flexibility index (Phi) is 6.28. The molecule has 0 aliphatic carbocycles. The van der Waals surface area contributed by atoms with Crippen molar-refractivity contribution in [2.75, 3.05) is 34.7 Å². The molecular weight excluding hydrogens is 382 g/mol. The summed E-state index contributed by atoms with van der Waals surface area (Å²) >= 11 is 0. The molecule has 0 unspecified atom stereocenters. The number of hydrogen-bond acceptors (Lipinski definition) is 8. The van der Waals surface area contributed by atoms with E-state index in [4.69, 9.17) is 28.4 Å². The number of esters is 1. The minimum Gasteiger partial charge on any atom is -0.493 e. The number of benzene rings is 2. The lowest BCUT2D eigenvalue weighted by atomic mass is 10.1. The Balaban J connectivity index is 1.57. The highest BCUT2D eigenvalue weighted by Gasteiger charge is 2.22. The lowest BCUT2D eigenvalue weighted by Crippen LogP contribution is -2.28. The zero-order valence-corrected chi connectivity index (χ0v) is 16.3. The number of methoxy groups -OCH3 is 3. The number of ether oxygens (including phenoxy) is 6. The van der Waals surface area contributed by atoms with E-state index in [9.17, 15) is 9.59 Å². The molecule has 0 atom stereocenters. The number of nitrogens with one attached hydrogen (secondary N) is 1. The van der Waals surface area contributed by atoms with Crippen molar-refractivity contribution in [1.29, 1.82) is 0 Å². The third kappa shape index (κ3) is 4.45. The number of amides is 1. The zero-order chi connectivity index (χ0) is 20.8. The van der Waals surface area contributed by atoms with Crippen molar-refractivity contribution in [3.05, 3.63) is 41.5 Å². The van der Waals surface area contributed by atoms with E-state index in [0.717, 1.165) is 5.56 Å². The van der Waals surface area contributed by atoms with Crippen molar-refractivity contribution in [2.45, 2.75) is 6.54 Å². The highest BCUT2D eigenvalue weighted by atomic mass is 16.7. The molecule has 9 heteroatoms. The van der Waals surface area contributed by atoms with E-state index in [1.54, 1.807) is 18.2 Å². The molecule has 1 amide bonds. The van der Waals surface area contributed by atoms with Crippen molar-refractivity contribution in [2.24, 2.45) is 0 Å². The molecule has 0 saturated heterocycles. The minimum absolute atomic E-state index is 0.119. The van der Waals surface area contributed by atoms with Crippen LogP contribution in [-0.4, -0.2) is 46.6 Å². The Labute approximate surface area is 167 Å². The SMILES string of the molecule is COc1ccc(C(=O)OCC(=O)NCc2ccc3c(c2)OCO3)c(OC)c1OC. The summed E-state index contributed by atoms with van der Waals surface area (Å²) in [6.07, 6.45) is 0. The van der Waals surface area contributed by atoms with E-state index in [1.807, 2.05) is 6.07 Å². The number of carbonyl (C=O) groups is 2. The monoisotopic (exact) mass is 403 g/mol. The van der Waals surface area contributed by atoms with Crippen LogP contribution in [0.5, 0.6) is 28.7 Å². The zero-order valence-electron chi connectivity index (χ0n) is 16.3. The second kappa shape index (κ2) is 9.05. The fourth-order valence-corrected chi connectivity index (χ4v) is 2.77. The minimum atomic E-state index is -0.721. The maximum Gasteiger partial charge on any atom is 0.342 e. The summed E-state index contributed by atoms with van der Waals surface area (Å²) in [7, 11) is 4.30. The summed E-state index contributed by atoms with van der Waals surface area (Å²) in [5, 5.41) is 2.68. The molecular formula is C20H21NO8. The smallest absolute Gasteiger partial charge is 0.342 e. The van der Waals surface area contributed by atoms with Gasteiger partial charge in [-0.05, 0) is 29.8 Å². The Morgan fingerprint density at radius 2 is 1.72 bits per heavy atom. The van der Waals surface area contributed by atoms with Crippen molar-refractivity contribution >= 4 is 11.9 Å². The summed E-state index contributed by atoms with van der Waals surface area (Å²) in [6.45, 7) is -0.00566. The molecule has 1 N–H and O–H groups in total. The van der Waals surface area contributed by atoms with Crippen LogP contribution in [0.4, 0.5) is 0 Å². The molecule has 3 rings (SSSR count). The number of rotatable bonds is 8. The van der Waals surface area contributed by atoms with Gasteiger partial charge in [0.25, 0.3) is 5.91 Å². The van der Waals surface area contributed by atoms with Crippen LogP contribution in [0, 0.1) is 0 Å². The highest BCUT2D eigenvalue weighted by molar-refractivity contribution is 5.95. The molecule has 0 aromatic heterocycles. The normalized spacial score (nSPS) is 11.6. The second-order valence-corrected chi connectivity index (χ2v) is 5.92. The topological polar surface area (TPSA) is 102 Å². The van der Waals surface area contributed by atoms with Crippen LogP contribution in [0.25, 0.3) is 0 Å². The molecule has 29 heavy (non-hydrogen) atoms. The van der Waals surface area contributed by atoms with Gasteiger partial charge < -0.3 is 33.7 Å². The Morgan fingerprint density at radius 3 is 2.45 bits per heavy atom. The summed E-state index contributed by atoms with van der Waals surface area (Å²) in [4.78, 5) is 24.4. The van der Waals surface area contributed by atoms with Crippen LogP contribution in [-0.2, 0) is 16.1 Å². The van der Waals surface area contributed by atoms with Gasteiger partial charge in [0.15, 0.2) is 29.6 Å². The van der Waals surface area contributed by atoms with Gasteiger partial charge in [-0.15, -0.1) is 0 Å². The summed E-state index contributed by atoms with van der Waals surface area (Å²) in [6, 6.07) is 8.40. The Hall–Kier alpha value is -3.62. The number of hydrogen-bond donors (Lipinski definition) is 1. The van der Waals surface area contributed by atoms with Crippen LogP contribution >= 0.6 is 0 Å². The predicted octanol–water partition coefficient (Wildman–Crippen LogP) is 1.91. The highest BCUT2D eigenvalue weighted by Crippen LogP contribution is 2.40. The third-order valence-electron chi connectivity index (χ3n) is 4.19. The molecule has 1 aliphatic rings. The molecule has 154 valence electrons. The second-order valence-electron chi connectivity index (χ2n) is 5.92. The van der Waals surface area contributed by atoms with Gasteiger partial charge in [-0.3, -0.25) is 4.79 Å². The van der Waals surface area contributed by atoms with Crippen molar-refractivity contribution < 1.29 is 38.0 Å². The molecule has 0 spiro atoms. The fraction of sp³-hybridized carbons (Fsp3) is 0.300. The first-order chi connectivity index (χ1) is 14.1. The number of fused-ring (bicyclic) bond motifs is 1. The first-order valence-electron chi connectivity index (χ1n) is 8.68. The maximum atomic E-state index is 12.4. The first kappa shape index (κ1) is 20.1. The van der Waals surface area contributed by atoms with Crippen LogP contribution in [0.1, 0.15) is 15.9 Å². The van der Waals surface area contributed by atoms with Crippen LogP contribution in [0.2, 0.25) is 0 Å². The van der Waals surface area contributed by atoms with E-state index < -0.39 is 18.5 Å². The van der Waals surface area contributed by atoms with E-state index in [0.29, 0.717) is 17.2 Å². The molecule has 9 nitrogen and oxygen atoms in total. The van der Waals surface area contributed by atoms with Crippen molar-refractivity contribution in [1.82, 2.24) is 5.32 Å². The van der Waals surface area contributed by atoms with Gasteiger partial charge >= 0.3 is 5.97 Å². The standard InChI is InChI=1S/C20H21NO8/c1-24-15-7-5-13(18(25-2)19(15)26-3)20(23)27-10-17(22)21-9-12-4-6-14-16(8-12)29-11-28-14/h4-8H,9-11H2,1-3H3,(H,21,22). The maximum absolute atomic E-state index is 12.4. The van der Waals surface area contributed by atoms with Gasteiger partial charge in [-0.2, -0.15) is 0 Å². The largest absolute Gasteiger partial charge is 0.493 e. The molecule has 1 heterocycles. The molecule has 2 aromatic rings. The lowest BCUT2D eigenvalue weighted by Gasteiger charge is -2.15. The number of carbonyl (C=O) groups excluding carboxylic acids is 2. The van der Waals surface area contributed by atoms with Crippen LogP contribution in [0.3, 0.4) is 0 Å². The van der Waals surface area contributed by atoms with Gasteiger partial charge in [0.05, 0.1) is 21.3 Å². The molecule has 0 bridgehead atoms. The average Bonchev–Trinajstić information content (AvgIpc) is 3.22. The van der Waals surface area contributed by atoms with Crippen molar-refractivity contribution in [3.8, 4) is 28.7 Å².